The molecule has 0 aliphatic heterocycles. The van der Waals surface area contributed by atoms with E-state index in [1.54, 1.807) is 13.8 Å². The molecule has 0 amide bonds. The van der Waals surface area contributed by atoms with E-state index in [-0.39, 0.29) is 0 Å². The van der Waals surface area contributed by atoms with Gasteiger partial charge in [-0.2, -0.15) is 0 Å². The number of hydrogen-bond acceptors (Lipinski definition) is 3. The zero-order valence-electron chi connectivity index (χ0n) is 6.12. The van der Waals surface area contributed by atoms with Gasteiger partial charge in [-0.25, -0.2) is 9.90 Å². The van der Waals surface area contributed by atoms with Crippen LogP contribution in [0.2, 0.25) is 0 Å². The van der Waals surface area contributed by atoms with E-state index in [1.807, 2.05) is 0 Å². The number of hydrogen-bond donors (Lipinski definition) is 0. The number of carbonyl (C=O) groups is 1. The minimum Gasteiger partial charge on any atom is -0.353 e. The fourth-order valence-electron chi connectivity index (χ4n) is 0.468. The molecule has 10 heavy (non-hydrogen) atoms. The van der Waals surface area contributed by atoms with Crippen molar-refractivity contribution in [2.75, 3.05) is 13.2 Å². The largest absolute Gasteiger partial charge is 0.381 e. The van der Waals surface area contributed by atoms with Crippen molar-refractivity contribution in [2.45, 2.75) is 20.1 Å². The van der Waals surface area contributed by atoms with Crippen molar-refractivity contribution >= 4 is 5.97 Å². The zero-order valence-corrected chi connectivity index (χ0v) is 6.12. The summed E-state index contributed by atoms with van der Waals surface area (Å²) in [4.78, 5) is 9.82. The van der Waals surface area contributed by atoms with Crippen LogP contribution < -0.4 is 0 Å². The van der Waals surface area contributed by atoms with Crippen LogP contribution in [0.25, 0.3) is 0 Å². The molecule has 0 aromatic carbocycles. The van der Waals surface area contributed by atoms with Crippen LogP contribution in [0, 0.1) is 0 Å². The molecule has 59 valence electrons. The molecule has 0 fully saturated rings. The molecular weight excluding hydrogens is 136 g/mol. The van der Waals surface area contributed by atoms with Crippen molar-refractivity contribution in [3.05, 3.63) is 0 Å². The molecule has 0 rings (SSSR count). The molecule has 0 aliphatic carbocycles. The lowest BCUT2D eigenvalue weighted by atomic mass is 10.7. The highest BCUT2D eigenvalue weighted by atomic mass is 16.7. The van der Waals surface area contributed by atoms with Crippen molar-refractivity contribution in [3.8, 4) is 0 Å². The van der Waals surface area contributed by atoms with Crippen LogP contribution in [0.1, 0.15) is 13.8 Å². The minimum atomic E-state index is -1.23. The summed E-state index contributed by atoms with van der Waals surface area (Å²) in [7, 11) is 0. The summed E-state index contributed by atoms with van der Waals surface area (Å²) in [6.07, 6.45) is -0.470. The topological polar surface area (TPSA) is 55.4 Å². The molecule has 4 nitrogen and oxygen atoms in total. The van der Waals surface area contributed by atoms with E-state index in [4.69, 9.17) is 4.74 Å². The highest BCUT2D eigenvalue weighted by Crippen LogP contribution is 1.91. The smallest absolute Gasteiger partial charge is 0.353 e. The predicted octanol–water partition coefficient (Wildman–Crippen LogP) is 0.343. The lowest BCUT2D eigenvalue weighted by molar-refractivity contribution is -0.167. The van der Waals surface area contributed by atoms with Gasteiger partial charge in [-0.15, -0.1) is 0 Å². The Kier molecular flexibility index (Phi) is 4.88. The van der Waals surface area contributed by atoms with E-state index in [9.17, 15) is 9.90 Å². The molecular formula is C6H11O4. The van der Waals surface area contributed by atoms with Gasteiger partial charge in [0, 0.05) is 6.61 Å². The lowest BCUT2D eigenvalue weighted by Gasteiger charge is -2.09. The highest BCUT2D eigenvalue weighted by molar-refractivity contribution is 5.67. The van der Waals surface area contributed by atoms with Gasteiger partial charge in [-0.05, 0) is 13.8 Å². The Morgan fingerprint density at radius 3 is 2.50 bits per heavy atom. The van der Waals surface area contributed by atoms with E-state index >= 15 is 0 Å². The zero-order chi connectivity index (χ0) is 7.98. The van der Waals surface area contributed by atoms with Crippen molar-refractivity contribution < 1.29 is 19.4 Å². The Balaban J connectivity index is 3.21. The first-order valence-corrected chi connectivity index (χ1v) is 3.10. The third-order valence-corrected chi connectivity index (χ3v) is 0.837. The monoisotopic (exact) mass is 147 g/mol. The molecule has 1 radical (unpaired) electrons. The Hall–Kier alpha value is -0.610. The Morgan fingerprint density at radius 2 is 2.10 bits per heavy atom. The van der Waals surface area contributed by atoms with Crippen molar-refractivity contribution in [2.24, 2.45) is 0 Å². The van der Waals surface area contributed by atoms with Crippen LogP contribution in [0.5, 0.6) is 0 Å². The molecule has 0 spiro atoms. The first-order valence-electron chi connectivity index (χ1n) is 3.10. The van der Waals surface area contributed by atoms with Crippen molar-refractivity contribution in [1.29, 1.82) is 0 Å². The molecule has 0 N–H and O–H groups in total. The maximum Gasteiger partial charge on any atom is 0.381 e. The van der Waals surface area contributed by atoms with Crippen LogP contribution in [0.3, 0.4) is 0 Å². The first-order chi connectivity index (χ1) is 4.66. The van der Waals surface area contributed by atoms with Gasteiger partial charge < -0.3 is 9.47 Å². The summed E-state index contributed by atoms with van der Waals surface area (Å²) < 4.78 is 9.54. The molecule has 1 atom stereocenters. The molecule has 0 heterocycles. The summed E-state index contributed by atoms with van der Waals surface area (Å²) in [5, 5.41) is 9.82. The van der Waals surface area contributed by atoms with Gasteiger partial charge in [-0.1, -0.05) is 0 Å². The molecule has 0 aromatic heterocycles. The maximum atomic E-state index is 9.82. The molecule has 0 aliphatic rings. The third-order valence-electron chi connectivity index (χ3n) is 0.837. The van der Waals surface area contributed by atoms with Crippen molar-refractivity contribution in [1.82, 2.24) is 0 Å². The first kappa shape index (κ1) is 9.39. The molecule has 1 unspecified atom stereocenters. The average molecular weight is 147 g/mol. The lowest BCUT2D eigenvalue weighted by Crippen LogP contribution is -2.17. The average Bonchev–Trinajstić information content (AvgIpc) is 1.85. The fourth-order valence-corrected chi connectivity index (χ4v) is 0.468. The SMILES string of the molecule is CCOC(C)OCC([O])=O. The molecule has 0 bridgehead atoms. The summed E-state index contributed by atoms with van der Waals surface area (Å²) in [6, 6.07) is 0. The summed E-state index contributed by atoms with van der Waals surface area (Å²) in [5.41, 5.74) is 0. The van der Waals surface area contributed by atoms with Crippen LogP contribution in [-0.2, 0) is 19.4 Å². The van der Waals surface area contributed by atoms with Gasteiger partial charge in [0.15, 0.2) is 12.9 Å². The minimum absolute atomic E-state index is 0.416. The second-order valence-corrected chi connectivity index (χ2v) is 1.71. The molecule has 4 heteroatoms. The standard InChI is InChI=1S/C6H11O4/c1-3-9-5(2)10-4-6(7)8/h5H,3-4H2,1-2H3. The van der Waals surface area contributed by atoms with E-state index in [2.05, 4.69) is 4.74 Å². The van der Waals surface area contributed by atoms with Gasteiger partial charge in [0.2, 0.25) is 0 Å². The van der Waals surface area contributed by atoms with E-state index in [0.29, 0.717) is 6.61 Å². The fraction of sp³-hybridized carbons (Fsp3) is 0.833. The van der Waals surface area contributed by atoms with E-state index < -0.39 is 18.9 Å². The van der Waals surface area contributed by atoms with Crippen molar-refractivity contribution in [3.63, 3.8) is 0 Å². The van der Waals surface area contributed by atoms with Crippen LogP contribution >= 0.6 is 0 Å². The quantitative estimate of drug-likeness (QED) is 0.527. The van der Waals surface area contributed by atoms with E-state index in [1.165, 1.54) is 0 Å². The molecule has 0 saturated carbocycles. The highest BCUT2D eigenvalue weighted by Gasteiger charge is 2.04. The Labute approximate surface area is 59.7 Å². The maximum absolute atomic E-state index is 9.82. The number of rotatable bonds is 5. The van der Waals surface area contributed by atoms with Gasteiger partial charge in [-0.3, -0.25) is 0 Å². The van der Waals surface area contributed by atoms with E-state index in [0.717, 1.165) is 0 Å². The van der Waals surface area contributed by atoms with Gasteiger partial charge in [0.25, 0.3) is 0 Å². The normalized spacial score (nSPS) is 13.0. The number of ether oxygens (including phenoxy) is 2. The second kappa shape index (κ2) is 5.20. The van der Waals surface area contributed by atoms with Gasteiger partial charge in [0.1, 0.15) is 0 Å². The number of carbonyl (C=O) groups excluding carboxylic acids is 1. The van der Waals surface area contributed by atoms with Crippen LogP contribution in [-0.4, -0.2) is 25.5 Å². The predicted molar refractivity (Wildman–Crippen MR) is 32.7 cm³/mol. The Morgan fingerprint density at radius 1 is 1.50 bits per heavy atom. The van der Waals surface area contributed by atoms with Crippen LogP contribution in [0.4, 0.5) is 0 Å². The second-order valence-electron chi connectivity index (χ2n) is 1.71. The summed E-state index contributed by atoms with van der Waals surface area (Å²) >= 11 is 0. The molecule has 0 aromatic rings. The van der Waals surface area contributed by atoms with Crippen LogP contribution in [0.15, 0.2) is 0 Å². The third kappa shape index (κ3) is 5.53. The molecule has 0 saturated heterocycles. The summed E-state index contributed by atoms with van der Waals surface area (Å²) in [5.74, 6) is -1.23. The van der Waals surface area contributed by atoms with Gasteiger partial charge in [0.05, 0.1) is 0 Å². The Bertz CT molecular complexity index is 102. The summed E-state index contributed by atoms with van der Waals surface area (Å²) in [6.45, 7) is 3.53. The van der Waals surface area contributed by atoms with Gasteiger partial charge >= 0.3 is 5.97 Å².